The number of aromatic nitrogens is 2. The van der Waals surface area contributed by atoms with E-state index in [2.05, 4.69) is 9.97 Å². The maximum absolute atomic E-state index is 10.4. The molecule has 0 aromatic carbocycles. The number of rotatable bonds is 3. The van der Waals surface area contributed by atoms with Crippen molar-refractivity contribution in [3.8, 4) is 0 Å². The van der Waals surface area contributed by atoms with Gasteiger partial charge in [0.2, 0.25) is 0 Å². The summed E-state index contributed by atoms with van der Waals surface area (Å²) in [4.78, 5) is 17.4. The van der Waals surface area contributed by atoms with Gasteiger partial charge in [0.05, 0.1) is 12.0 Å². The Morgan fingerprint density at radius 2 is 2.46 bits per heavy atom. The zero-order valence-corrected chi connectivity index (χ0v) is 7.66. The standard InChI is InChI=1S/C9H12N2O2/c1-6(9(12)13)3-4-8-7(2)10-5-11-8/h3,5H,4H2,1-2H3,(H,10,11)(H,12,13). The lowest BCUT2D eigenvalue weighted by Gasteiger charge is -1.93. The average Bonchev–Trinajstić information content (AvgIpc) is 2.47. The summed E-state index contributed by atoms with van der Waals surface area (Å²) in [5.74, 6) is -0.881. The van der Waals surface area contributed by atoms with E-state index in [0.717, 1.165) is 11.4 Å². The maximum atomic E-state index is 10.4. The SMILES string of the molecule is CC(=CCc1nc[nH]c1C)C(=O)O. The highest BCUT2D eigenvalue weighted by molar-refractivity contribution is 5.85. The molecule has 0 saturated carbocycles. The predicted octanol–water partition coefficient (Wildman–Crippen LogP) is 1.29. The number of aryl methyl sites for hydroxylation is 1. The van der Waals surface area contributed by atoms with Crippen molar-refractivity contribution >= 4 is 5.97 Å². The number of carboxylic acid groups (broad SMARTS) is 1. The Balaban J connectivity index is 2.67. The van der Waals surface area contributed by atoms with Crippen molar-refractivity contribution < 1.29 is 9.90 Å². The Labute approximate surface area is 76.3 Å². The van der Waals surface area contributed by atoms with E-state index in [0.29, 0.717) is 12.0 Å². The van der Waals surface area contributed by atoms with Crippen molar-refractivity contribution in [3.05, 3.63) is 29.4 Å². The van der Waals surface area contributed by atoms with Crippen molar-refractivity contribution in [2.24, 2.45) is 0 Å². The molecule has 1 heterocycles. The van der Waals surface area contributed by atoms with Crippen LogP contribution in [0.15, 0.2) is 18.0 Å². The number of allylic oxidation sites excluding steroid dienone is 1. The van der Waals surface area contributed by atoms with Crippen LogP contribution >= 0.6 is 0 Å². The van der Waals surface area contributed by atoms with Crippen LogP contribution in [-0.2, 0) is 11.2 Å². The molecular formula is C9H12N2O2. The van der Waals surface area contributed by atoms with Crippen LogP contribution in [0.5, 0.6) is 0 Å². The van der Waals surface area contributed by atoms with Crippen LogP contribution in [0.4, 0.5) is 0 Å². The summed E-state index contributed by atoms with van der Waals surface area (Å²) in [6.07, 6.45) is 3.83. The molecule has 1 aromatic heterocycles. The number of aromatic amines is 1. The number of aliphatic carboxylic acids is 1. The van der Waals surface area contributed by atoms with E-state index in [-0.39, 0.29) is 0 Å². The largest absolute Gasteiger partial charge is 0.478 e. The number of nitrogens with one attached hydrogen (secondary N) is 1. The summed E-state index contributed by atoms with van der Waals surface area (Å²) < 4.78 is 0. The third kappa shape index (κ3) is 2.43. The average molecular weight is 180 g/mol. The summed E-state index contributed by atoms with van der Waals surface area (Å²) in [7, 11) is 0. The van der Waals surface area contributed by atoms with Gasteiger partial charge in [0.25, 0.3) is 0 Å². The molecule has 13 heavy (non-hydrogen) atoms. The Morgan fingerprint density at radius 1 is 1.77 bits per heavy atom. The molecule has 0 aliphatic rings. The molecule has 2 N–H and O–H groups in total. The monoisotopic (exact) mass is 180 g/mol. The Kier molecular flexibility index (Phi) is 2.84. The molecule has 4 nitrogen and oxygen atoms in total. The number of carboxylic acids is 1. The van der Waals surface area contributed by atoms with Crippen molar-refractivity contribution in [3.63, 3.8) is 0 Å². The lowest BCUT2D eigenvalue weighted by atomic mass is 10.2. The van der Waals surface area contributed by atoms with Gasteiger partial charge in [-0.15, -0.1) is 0 Å². The zero-order valence-electron chi connectivity index (χ0n) is 7.66. The highest BCUT2D eigenvalue weighted by Crippen LogP contribution is 2.04. The van der Waals surface area contributed by atoms with Gasteiger partial charge in [-0.1, -0.05) is 6.08 Å². The minimum absolute atomic E-state index is 0.349. The molecular weight excluding hydrogens is 168 g/mol. The smallest absolute Gasteiger partial charge is 0.330 e. The normalized spacial score (nSPS) is 11.7. The second kappa shape index (κ2) is 3.89. The van der Waals surface area contributed by atoms with Crippen LogP contribution in [0.1, 0.15) is 18.3 Å². The fourth-order valence-electron chi connectivity index (χ4n) is 0.930. The van der Waals surface area contributed by atoms with E-state index in [9.17, 15) is 4.79 Å². The molecule has 0 amide bonds. The number of nitrogens with zero attached hydrogens (tertiary/aromatic N) is 1. The van der Waals surface area contributed by atoms with Gasteiger partial charge in [0.1, 0.15) is 0 Å². The number of hydrogen-bond donors (Lipinski definition) is 2. The summed E-state index contributed by atoms with van der Waals surface area (Å²) >= 11 is 0. The summed E-state index contributed by atoms with van der Waals surface area (Å²) in [5, 5.41) is 8.58. The fraction of sp³-hybridized carbons (Fsp3) is 0.333. The summed E-state index contributed by atoms with van der Waals surface area (Å²) in [6.45, 7) is 3.48. The van der Waals surface area contributed by atoms with Gasteiger partial charge in [-0.2, -0.15) is 0 Å². The summed E-state index contributed by atoms with van der Waals surface area (Å²) in [6, 6.07) is 0. The van der Waals surface area contributed by atoms with Crippen LogP contribution < -0.4 is 0 Å². The van der Waals surface area contributed by atoms with Gasteiger partial charge < -0.3 is 10.1 Å². The van der Waals surface area contributed by atoms with Crippen LogP contribution in [0.25, 0.3) is 0 Å². The number of imidazole rings is 1. The molecule has 0 unspecified atom stereocenters. The Bertz CT molecular complexity index is 339. The van der Waals surface area contributed by atoms with E-state index in [4.69, 9.17) is 5.11 Å². The molecule has 0 aliphatic heterocycles. The fourth-order valence-corrected chi connectivity index (χ4v) is 0.930. The lowest BCUT2D eigenvalue weighted by molar-refractivity contribution is -0.132. The van der Waals surface area contributed by atoms with Gasteiger partial charge in [0.15, 0.2) is 0 Å². The van der Waals surface area contributed by atoms with Crippen molar-refractivity contribution in [2.45, 2.75) is 20.3 Å². The van der Waals surface area contributed by atoms with Crippen LogP contribution in [0, 0.1) is 6.92 Å². The van der Waals surface area contributed by atoms with Gasteiger partial charge in [-0.25, -0.2) is 9.78 Å². The molecule has 0 aliphatic carbocycles. The van der Waals surface area contributed by atoms with Crippen LogP contribution in [0.3, 0.4) is 0 Å². The third-order valence-corrected chi connectivity index (χ3v) is 1.87. The van der Waals surface area contributed by atoms with Crippen molar-refractivity contribution in [2.75, 3.05) is 0 Å². The van der Waals surface area contributed by atoms with E-state index < -0.39 is 5.97 Å². The van der Waals surface area contributed by atoms with Crippen molar-refractivity contribution in [1.82, 2.24) is 9.97 Å². The molecule has 0 fully saturated rings. The third-order valence-electron chi connectivity index (χ3n) is 1.87. The van der Waals surface area contributed by atoms with Gasteiger partial charge in [0, 0.05) is 17.7 Å². The lowest BCUT2D eigenvalue weighted by Crippen LogP contribution is -1.97. The van der Waals surface area contributed by atoms with E-state index >= 15 is 0 Å². The zero-order chi connectivity index (χ0) is 9.84. The molecule has 0 bridgehead atoms. The second-order valence-corrected chi connectivity index (χ2v) is 2.87. The molecule has 4 heteroatoms. The minimum atomic E-state index is -0.881. The first-order chi connectivity index (χ1) is 6.11. The first-order valence-corrected chi connectivity index (χ1v) is 4.00. The topological polar surface area (TPSA) is 66.0 Å². The van der Waals surface area contributed by atoms with Crippen LogP contribution in [-0.4, -0.2) is 21.0 Å². The molecule has 0 saturated heterocycles. The summed E-state index contributed by atoms with van der Waals surface area (Å²) in [5.41, 5.74) is 2.22. The molecule has 0 radical (unpaired) electrons. The van der Waals surface area contributed by atoms with E-state index in [1.807, 2.05) is 6.92 Å². The first-order valence-electron chi connectivity index (χ1n) is 4.00. The van der Waals surface area contributed by atoms with Gasteiger partial charge in [-0.3, -0.25) is 0 Å². The highest BCUT2D eigenvalue weighted by Gasteiger charge is 2.01. The number of carbonyl (C=O) groups is 1. The predicted molar refractivity (Wildman–Crippen MR) is 48.4 cm³/mol. The number of H-pyrrole nitrogens is 1. The Morgan fingerprint density at radius 3 is 2.92 bits per heavy atom. The quantitative estimate of drug-likeness (QED) is 0.689. The molecule has 1 aromatic rings. The van der Waals surface area contributed by atoms with E-state index in [1.54, 1.807) is 19.3 Å². The molecule has 1 rings (SSSR count). The Hall–Kier alpha value is -1.58. The molecule has 0 atom stereocenters. The van der Waals surface area contributed by atoms with Crippen molar-refractivity contribution in [1.29, 1.82) is 0 Å². The van der Waals surface area contributed by atoms with Gasteiger partial charge in [-0.05, 0) is 13.8 Å². The highest BCUT2D eigenvalue weighted by atomic mass is 16.4. The first kappa shape index (κ1) is 9.51. The second-order valence-electron chi connectivity index (χ2n) is 2.87. The molecule has 70 valence electrons. The van der Waals surface area contributed by atoms with Crippen LogP contribution in [0.2, 0.25) is 0 Å². The maximum Gasteiger partial charge on any atom is 0.330 e. The molecule has 0 spiro atoms. The van der Waals surface area contributed by atoms with Gasteiger partial charge >= 0.3 is 5.97 Å². The van der Waals surface area contributed by atoms with E-state index in [1.165, 1.54) is 0 Å². The minimum Gasteiger partial charge on any atom is -0.478 e. The number of hydrogen-bond acceptors (Lipinski definition) is 2.